The molecule has 0 aliphatic rings. The van der Waals surface area contributed by atoms with Crippen molar-refractivity contribution in [3.05, 3.63) is 20.8 Å². The number of rotatable bonds is 8. The maximum atomic E-state index is 11.8. The molecule has 0 radical (unpaired) electrons. The molecule has 0 atom stereocenters. The Hall–Kier alpha value is 0.01000. The highest BCUT2D eigenvalue weighted by atomic mass is 79.9. The standard InChI is InChI=1S/C10H18BrN3O2S2/c1-14(8-2-6-12)18(15,16)13-7-5-9-3-4-10(11)17-9/h3-4,13H,2,5-8,12H2,1H3. The van der Waals surface area contributed by atoms with Crippen LogP contribution >= 0.6 is 27.3 Å². The number of hydrogen-bond donors (Lipinski definition) is 2. The van der Waals surface area contributed by atoms with Crippen molar-refractivity contribution in [1.82, 2.24) is 9.03 Å². The second kappa shape index (κ2) is 7.56. The van der Waals surface area contributed by atoms with Crippen LogP contribution in [0, 0.1) is 0 Å². The van der Waals surface area contributed by atoms with E-state index in [1.54, 1.807) is 18.4 Å². The Morgan fingerprint density at radius 3 is 2.78 bits per heavy atom. The molecular formula is C10H18BrN3O2S2. The third-order valence-corrected chi connectivity index (χ3v) is 5.63. The second-order valence-corrected chi connectivity index (χ2v) is 8.23. The highest BCUT2D eigenvalue weighted by Gasteiger charge is 2.15. The molecule has 1 heterocycles. The lowest BCUT2D eigenvalue weighted by Gasteiger charge is -2.16. The van der Waals surface area contributed by atoms with E-state index in [0.717, 1.165) is 8.66 Å². The van der Waals surface area contributed by atoms with Crippen LogP contribution in [0.4, 0.5) is 0 Å². The Morgan fingerprint density at radius 2 is 2.22 bits per heavy atom. The Kier molecular flexibility index (Phi) is 6.75. The number of nitrogens with one attached hydrogen (secondary N) is 1. The van der Waals surface area contributed by atoms with Crippen LogP contribution in [0.25, 0.3) is 0 Å². The molecular weight excluding hydrogens is 338 g/mol. The van der Waals surface area contributed by atoms with E-state index in [4.69, 9.17) is 5.73 Å². The topological polar surface area (TPSA) is 75.4 Å². The molecule has 1 aromatic heterocycles. The first-order valence-corrected chi connectivity index (χ1v) is 8.66. The van der Waals surface area contributed by atoms with Crippen molar-refractivity contribution in [2.45, 2.75) is 12.8 Å². The maximum Gasteiger partial charge on any atom is 0.279 e. The van der Waals surface area contributed by atoms with Crippen LogP contribution in [0.2, 0.25) is 0 Å². The number of nitrogens with zero attached hydrogens (tertiary/aromatic N) is 1. The monoisotopic (exact) mass is 355 g/mol. The predicted molar refractivity (Wildman–Crippen MR) is 78.9 cm³/mol. The average Bonchev–Trinajstić information content (AvgIpc) is 2.71. The number of halogens is 1. The van der Waals surface area contributed by atoms with Crippen molar-refractivity contribution >= 4 is 37.5 Å². The van der Waals surface area contributed by atoms with Crippen LogP contribution in [0.15, 0.2) is 15.9 Å². The van der Waals surface area contributed by atoms with E-state index in [1.807, 2.05) is 12.1 Å². The van der Waals surface area contributed by atoms with Crippen LogP contribution in [0.5, 0.6) is 0 Å². The molecule has 5 nitrogen and oxygen atoms in total. The largest absolute Gasteiger partial charge is 0.330 e. The normalized spacial score (nSPS) is 12.2. The molecule has 8 heteroatoms. The predicted octanol–water partition coefficient (Wildman–Crippen LogP) is 1.17. The highest BCUT2D eigenvalue weighted by Crippen LogP contribution is 2.22. The molecule has 3 N–H and O–H groups in total. The van der Waals surface area contributed by atoms with E-state index in [0.29, 0.717) is 32.5 Å². The first-order chi connectivity index (χ1) is 8.45. The van der Waals surface area contributed by atoms with Gasteiger partial charge >= 0.3 is 0 Å². The van der Waals surface area contributed by atoms with Gasteiger partial charge in [-0.05, 0) is 47.4 Å². The van der Waals surface area contributed by atoms with Gasteiger partial charge in [0.2, 0.25) is 0 Å². The maximum absolute atomic E-state index is 11.8. The van der Waals surface area contributed by atoms with E-state index >= 15 is 0 Å². The van der Waals surface area contributed by atoms with Gasteiger partial charge in [0, 0.05) is 25.0 Å². The average molecular weight is 356 g/mol. The SMILES string of the molecule is CN(CCCN)S(=O)(=O)NCCc1ccc(Br)s1. The van der Waals surface area contributed by atoms with E-state index in [9.17, 15) is 8.42 Å². The molecule has 0 saturated heterocycles. The molecule has 1 aromatic rings. The minimum Gasteiger partial charge on any atom is -0.330 e. The van der Waals surface area contributed by atoms with Crippen LogP contribution in [-0.4, -0.2) is 39.4 Å². The summed E-state index contributed by atoms with van der Waals surface area (Å²) in [5, 5.41) is 0. The molecule has 0 spiro atoms. The van der Waals surface area contributed by atoms with Crippen molar-refractivity contribution in [2.75, 3.05) is 26.7 Å². The quantitative estimate of drug-likeness (QED) is 0.734. The van der Waals surface area contributed by atoms with Gasteiger partial charge in [-0.3, -0.25) is 0 Å². The smallest absolute Gasteiger partial charge is 0.279 e. The summed E-state index contributed by atoms with van der Waals surface area (Å²) in [6.45, 7) is 1.34. The summed E-state index contributed by atoms with van der Waals surface area (Å²) in [6.07, 6.45) is 1.36. The summed E-state index contributed by atoms with van der Waals surface area (Å²) >= 11 is 4.99. The van der Waals surface area contributed by atoms with E-state index in [-0.39, 0.29) is 0 Å². The zero-order valence-corrected chi connectivity index (χ0v) is 13.4. The lowest BCUT2D eigenvalue weighted by Crippen LogP contribution is -2.39. The van der Waals surface area contributed by atoms with Gasteiger partial charge in [-0.2, -0.15) is 12.7 Å². The molecule has 0 unspecified atom stereocenters. The molecule has 0 saturated carbocycles. The Balaban J connectivity index is 2.37. The molecule has 0 bridgehead atoms. The minimum atomic E-state index is -3.38. The summed E-state index contributed by atoms with van der Waals surface area (Å²) < 4.78 is 28.5. The van der Waals surface area contributed by atoms with Crippen LogP contribution in [0.1, 0.15) is 11.3 Å². The fourth-order valence-corrected chi connectivity index (χ4v) is 3.77. The van der Waals surface area contributed by atoms with Crippen LogP contribution in [-0.2, 0) is 16.6 Å². The Morgan fingerprint density at radius 1 is 1.50 bits per heavy atom. The van der Waals surface area contributed by atoms with Crippen LogP contribution < -0.4 is 10.5 Å². The molecule has 1 rings (SSSR count). The van der Waals surface area contributed by atoms with E-state index < -0.39 is 10.2 Å². The highest BCUT2D eigenvalue weighted by molar-refractivity contribution is 9.11. The van der Waals surface area contributed by atoms with E-state index in [1.165, 1.54) is 4.31 Å². The van der Waals surface area contributed by atoms with Gasteiger partial charge in [0.05, 0.1) is 3.79 Å². The number of nitrogens with two attached hydrogens (primary N) is 1. The fourth-order valence-electron chi connectivity index (χ4n) is 1.33. The number of thiophene rings is 1. The van der Waals surface area contributed by atoms with Gasteiger partial charge in [-0.1, -0.05) is 0 Å². The molecule has 0 aliphatic carbocycles. The second-order valence-electron chi connectivity index (χ2n) is 3.82. The summed E-state index contributed by atoms with van der Waals surface area (Å²) in [6, 6.07) is 3.95. The fraction of sp³-hybridized carbons (Fsp3) is 0.600. The minimum absolute atomic E-state index is 0.405. The van der Waals surface area contributed by atoms with Gasteiger partial charge in [-0.25, -0.2) is 4.72 Å². The zero-order valence-electron chi connectivity index (χ0n) is 10.2. The molecule has 0 fully saturated rings. The van der Waals surface area contributed by atoms with Crippen molar-refractivity contribution < 1.29 is 8.42 Å². The lowest BCUT2D eigenvalue weighted by molar-refractivity contribution is 0.453. The van der Waals surface area contributed by atoms with Gasteiger partial charge < -0.3 is 5.73 Å². The lowest BCUT2D eigenvalue weighted by atomic mass is 10.3. The summed E-state index contributed by atoms with van der Waals surface area (Å²) in [4.78, 5) is 1.15. The molecule has 104 valence electrons. The van der Waals surface area contributed by atoms with Gasteiger partial charge in [0.25, 0.3) is 10.2 Å². The summed E-state index contributed by atoms with van der Waals surface area (Å²) in [5.41, 5.74) is 5.35. The van der Waals surface area contributed by atoms with Crippen molar-refractivity contribution in [2.24, 2.45) is 5.73 Å². The van der Waals surface area contributed by atoms with Gasteiger partial charge in [0.1, 0.15) is 0 Å². The summed E-state index contributed by atoms with van der Waals surface area (Å²) in [7, 11) is -1.82. The molecule has 18 heavy (non-hydrogen) atoms. The molecule has 0 amide bonds. The van der Waals surface area contributed by atoms with Crippen LogP contribution in [0.3, 0.4) is 0 Å². The van der Waals surface area contributed by atoms with Gasteiger partial charge in [-0.15, -0.1) is 11.3 Å². The van der Waals surface area contributed by atoms with E-state index in [2.05, 4.69) is 20.7 Å². The first kappa shape index (κ1) is 16.1. The number of hydrogen-bond acceptors (Lipinski definition) is 4. The van der Waals surface area contributed by atoms with Crippen molar-refractivity contribution in [3.8, 4) is 0 Å². The third-order valence-electron chi connectivity index (χ3n) is 2.37. The summed E-state index contributed by atoms with van der Waals surface area (Å²) in [5.74, 6) is 0. The van der Waals surface area contributed by atoms with Crippen molar-refractivity contribution in [3.63, 3.8) is 0 Å². The van der Waals surface area contributed by atoms with Gasteiger partial charge in [0.15, 0.2) is 0 Å². The molecule has 0 aromatic carbocycles. The molecule has 0 aliphatic heterocycles. The Labute approximate surface area is 121 Å². The van der Waals surface area contributed by atoms with Crippen molar-refractivity contribution in [1.29, 1.82) is 0 Å². The zero-order chi connectivity index (χ0) is 13.6. The third kappa shape index (κ3) is 5.33. The Bertz CT molecular complexity index is 461. The first-order valence-electron chi connectivity index (χ1n) is 5.61.